The van der Waals surface area contributed by atoms with E-state index in [1.54, 1.807) is 0 Å². The number of nitrogens with zero attached hydrogens (tertiary/aromatic N) is 1. The molecule has 102 valence electrons. The molecular weight excluding hydrogens is 224 g/mol. The lowest BCUT2D eigenvalue weighted by Crippen LogP contribution is -2.57. The highest BCUT2D eigenvalue weighted by atomic mass is 16.3. The largest absolute Gasteiger partial charge is 0.394 e. The van der Waals surface area contributed by atoms with Crippen molar-refractivity contribution < 1.29 is 5.11 Å². The number of hydrogen-bond acceptors (Lipinski definition) is 3. The molecule has 18 heavy (non-hydrogen) atoms. The van der Waals surface area contributed by atoms with Crippen LogP contribution in [0.3, 0.4) is 0 Å². The second-order valence-corrected chi connectivity index (χ2v) is 6.41. The minimum absolute atomic E-state index is 0.116. The monoisotopic (exact) mass is 250 g/mol. The predicted octanol–water partition coefficient (Wildman–Crippen LogP) is 2.60. The summed E-state index contributed by atoms with van der Waals surface area (Å²) < 4.78 is 0. The summed E-state index contributed by atoms with van der Waals surface area (Å²) in [4.78, 5) is 0. The molecule has 0 amide bonds. The molecule has 3 heteroatoms. The Morgan fingerprint density at radius 3 is 2.72 bits per heavy atom. The highest BCUT2D eigenvalue weighted by Gasteiger charge is 2.38. The van der Waals surface area contributed by atoms with Crippen molar-refractivity contribution in [2.75, 3.05) is 6.61 Å². The minimum Gasteiger partial charge on any atom is -0.394 e. The van der Waals surface area contributed by atoms with E-state index < -0.39 is 0 Å². The van der Waals surface area contributed by atoms with Crippen LogP contribution in [0, 0.1) is 23.2 Å². The van der Waals surface area contributed by atoms with Crippen LogP contribution in [0.25, 0.3) is 0 Å². The van der Waals surface area contributed by atoms with Crippen LogP contribution in [0.2, 0.25) is 0 Å². The van der Waals surface area contributed by atoms with E-state index in [-0.39, 0.29) is 18.1 Å². The van der Waals surface area contributed by atoms with E-state index in [2.05, 4.69) is 18.3 Å². The van der Waals surface area contributed by atoms with Gasteiger partial charge in [-0.25, -0.2) is 0 Å². The second-order valence-electron chi connectivity index (χ2n) is 6.41. The molecule has 0 heterocycles. The van der Waals surface area contributed by atoms with Gasteiger partial charge in [-0.1, -0.05) is 32.6 Å². The van der Waals surface area contributed by atoms with Crippen molar-refractivity contribution in [2.24, 2.45) is 11.8 Å². The van der Waals surface area contributed by atoms with Gasteiger partial charge in [0.1, 0.15) is 0 Å². The van der Waals surface area contributed by atoms with Crippen LogP contribution in [0.15, 0.2) is 0 Å². The van der Waals surface area contributed by atoms with Crippen LogP contribution in [-0.2, 0) is 0 Å². The fourth-order valence-corrected chi connectivity index (χ4v) is 3.83. The quantitative estimate of drug-likeness (QED) is 0.809. The Balaban J connectivity index is 2.02. The Kier molecular flexibility index (Phi) is 4.64. The minimum atomic E-state index is -0.116. The Bertz CT molecular complexity index is 312. The third-order valence-corrected chi connectivity index (χ3v) is 4.82. The molecule has 0 aromatic heterocycles. The average Bonchev–Trinajstić information content (AvgIpc) is 2.39. The summed E-state index contributed by atoms with van der Waals surface area (Å²) in [5.41, 5.74) is -0.116. The van der Waals surface area contributed by atoms with Crippen LogP contribution in [0.1, 0.15) is 58.3 Å². The third-order valence-electron chi connectivity index (χ3n) is 4.82. The number of nitrogens with one attached hydrogen (secondary N) is 1. The summed E-state index contributed by atoms with van der Waals surface area (Å²) in [6, 6.07) is 2.74. The number of aliphatic hydroxyl groups excluding tert-OH is 1. The topological polar surface area (TPSA) is 56.0 Å². The Hall–Kier alpha value is -0.590. The van der Waals surface area contributed by atoms with E-state index in [9.17, 15) is 10.4 Å². The molecule has 2 aliphatic carbocycles. The number of aliphatic hydroxyl groups is 1. The van der Waals surface area contributed by atoms with Crippen LogP contribution < -0.4 is 5.32 Å². The van der Waals surface area contributed by atoms with Gasteiger partial charge in [-0.2, -0.15) is 5.26 Å². The maximum absolute atomic E-state index is 9.80. The summed E-state index contributed by atoms with van der Waals surface area (Å²) in [6.45, 7) is 2.49. The lowest BCUT2D eigenvalue weighted by atomic mass is 9.74. The van der Waals surface area contributed by atoms with Gasteiger partial charge in [0.25, 0.3) is 0 Å². The number of rotatable bonds is 3. The maximum Gasteiger partial charge on any atom is 0.0672 e. The van der Waals surface area contributed by atoms with Crippen LogP contribution in [0.4, 0.5) is 0 Å². The molecule has 0 radical (unpaired) electrons. The highest BCUT2D eigenvalue weighted by Crippen LogP contribution is 2.34. The molecule has 2 fully saturated rings. The highest BCUT2D eigenvalue weighted by molar-refractivity contribution is 5.01. The van der Waals surface area contributed by atoms with Gasteiger partial charge < -0.3 is 10.4 Å². The normalized spacial score (nSPS) is 41.3. The summed E-state index contributed by atoms with van der Waals surface area (Å²) in [5.74, 6) is 0.821. The molecule has 2 rings (SSSR count). The molecule has 2 saturated carbocycles. The van der Waals surface area contributed by atoms with Gasteiger partial charge in [0.05, 0.1) is 18.6 Å². The van der Waals surface area contributed by atoms with Gasteiger partial charge in [0, 0.05) is 11.6 Å². The summed E-state index contributed by atoms with van der Waals surface area (Å²) >= 11 is 0. The zero-order valence-corrected chi connectivity index (χ0v) is 11.5. The molecular formula is C15H26N2O. The molecule has 4 unspecified atom stereocenters. The first kappa shape index (κ1) is 13.8. The molecule has 0 spiro atoms. The van der Waals surface area contributed by atoms with Crippen molar-refractivity contribution in [3.05, 3.63) is 0 Å². The van der Waals surface area contributed by atoms with E-state index in [0.29, 0.717) is 12.0 Å². The predicted molar refractivity (Wildman–Crippen MR) is 71.9 cm³/mol. The van der Waals surface area contributed by atoms with Gasteiger partial charge in [-0.15, -0.1) is 0 Å². The van der Waals surface area contributed by atoms with Crippen molar-refractivity contribution in [1.29, 1.82) is 5.26 Å². The fraction of sp³-hybridized carbons (Fsp3) is 0.933. The molecule has 2 N–H and O–H groups in total. The molecule has 0 aliphatic heterocycles. The lowest BCUT2D eigenvalue weighted by molar-refractivity contribution is 0.0762. The molecule has 0 aromatic carbocycles. The van der Waals surface area contributed by atoms with Crippen LogP contribution >= 0.6 is 0 Å². The van der Waals surface area contributed by atoms with Crippen LogP contribution in [-0.4, -0.2) is 23.3 Å². The van der Waals surface area contributed by atoms with E-state index in [1.807, 2.05) is 0 Å². The fourth-order valence-electron chi connectivity index (χ4n) is 3.83. The first-order valence-electron chi connectivity index (χ1n) is 7.47. The Morgan fingerprint density at radius 2 is 2.06 bits per heavy atom. The zero-order valence-electron chi connectivity index (χ0n) is 11.5. The van der Waals surface area contributed by atoms with E-state index >= 15 is 0 Å². The van der Waals surface area contributed by atoms with Crippen molar-refractivity contribution in [2.45, 2.75) is 69.9 Å². The number of hydrogen-bond donors (Lipinski definition) is 2. The smallest absolute Gasteiger partial charge is 0.0672 e. The zero-order chi connectivity index (χ0) is 13.0. The molecule has 2 aliphatic rings. The van der Waals surface area contributed by atoms with Crippen LogP contribution in [0.5, 0.6) is 0 Å². The summed E-state index contributed by atoms with van der Waals surface area (Å²) in [7, 11) is 0. The van der Waals surface area contributed by atoms with Gasteiger partial charge in [0.2, 0.25) is 0 Å². The van der Waals surface area contributed by atoms with Gasteiger partial charge in [0.15, 0.2) is 0 Å². The van der Waals surface area contributed by atoms with Crippen molar-refractivity contribution in [3.8, 4) is 6.07 Å². The number of nitriles is 1. The molecule has 0 saturated heterocycles. The van der Waals surface area contributed by atoms with Gasteiger partial charge in [-0.05, 0) is 31.6 Å². The van der Waals surface area contributed by atoms with Gasteiger partial charge >= 0.3 is 0 Å². The molecule has 0 bridgehead atoms. The van der Waals surface area contributed by atoms with Crippen molar-refractivity contribution in [1.82, 2.24) is 5.32 Å². The average molecular weight is 250 g/mol. The first-order chi connectivity index (χ1) is 8.69. The molecule has 4 atom stereocenters. The SMILES string of the molecule is CC1CCCC(CO)(NC2CCCCC2C#N)C1. The second kappa shape index (κ2) is 6.04. The van der Waals surface area contributed by atoms with E-state index in [4.69, 9.17) is 0 Å². The first-order valence-corrected chi connectivity index (χ1v) is 7.47. The molecule has 3 nitrogen and oxygen atoms in total. The lowest BCUT2D eigenvalue weighted by Gasteiger charge is -2.44. The van der Waals surface area contributed by atoms with E-state index in [1.165, 1.54) is 25.7 Å². The Labute approximate surface area is 111 Å². The Morgan fingerprint density at radius 1 is 1.28 bits per heavy atom. The summed E-state index contributed by atoms with van der Waals surface area (Å²) in [5, 5.41) is 22.7. The van der Waals surface area contributed by atoms with Crippen molar-refractivity contribution >= 4 is 0 Å². The maximum atomic E-state index is 9.80. The van der Waals surface area contributed by atoms with Crippen molar-refractivity contribution in [3.63, 3.8) is 0 Å². The summed E-state index contributed by atoms with van der Waals surface area (Å²) in [6.07, 6.45) is 9.08. The van der Waals surface area contributed by atoms with Gasteiger partial charge in [-0.3, -0.25) is 0 Å². The third kappa shape index (κ3) is 3.05. The van der Waals surface area contributed by atoms with E-state index in [0.717, 1.165) is 25.7 Å². The molecule has 0 aromatic rings. The standard InChI is InChI=1S/C15H26N2O/c1-12-5-4-8-15(9-12,11-18)17-14-7-3-2-6-13(14)10-16/h12-14,17-18H,2-9,11H2,1H3.